The van der Waals surface area contributed by atoms with Crippen molar-refractivity contribution < 1.29 is 22.7 Å². The molecule has 1 amide bonds. The number of rotatable bonds is 7. The van der Waals surface area contributed by atoms with Gasteiger partial charge in [-0.1, -0.05) is 29.8 Å². The van der Waals surface area contributed by atoms with E-state index in [1.54, 1.807) is 37.3 Å². The van der Waals surface area contributed by atoms with E-state index in [0.717, 1.165) is 9.87 Å². The van der Waals surface area contributed by atoms with E-state index in [0.29, 0.717) is 27.6 Å². The molecule has 3 aromatic rings. The van der Waals surface area contributed by atoms with E-state index in [9.17, 15) is 13.2 Å². The van der Waals surface area contributed by atoms with Crippen molar-refractivity contribution in [3.63, 3.8) is 0 Å². The van der Waals surface area contributed by atoms with E-state index in [1.807, 2.05) is 13.0 Å². The van der Waals surface area contributed by atoms with Gasteiger partial charge in [0, 0.05) is 11.1 Å². The lowest BCUT2D eigenvalue weighted by molar-refractivity contribution is -0.113. The number of amides is 1. The van der Waals surface area contributed by atoms with Crippen LogP contribution in [0.4, 0.5) is 5.69 Å². The molecule has 0 aromatic heterocycles. The van der Waals surface area contributed by atoms with Crippen LogP contribution in [0.2, 0.25) is 5.02 Å². The van der Waals surface area contributed by atoms with Crippen LogP contribution in [0.25, 0.3) is 6.08 Å². The second-order valence-electron chi connectivity index (χ2n) is 7.30. The predicted octanol–water partition coefficient (Wildman–Crippen LogP) is 5.41. The van der Waals surface area contributed by atoms with Crippen LogP contribution in [0.3, 0.4) is 0 Å². The van der Waals surface area contributed by atoms with E-state index < -0.39 is 15.9 Å². The number of anilines is 1. The minimum Gasteiger partial charge on any atom is -0.493 e. The second-order valence-corrected chi connectivity index (χ2v) is 9.52. The summed E-state index contributed by atoms with van der Waals surface area (Å²) in [6.45, 7) is 3.59. The Labute approximate surface area is 199 Å². The molecule has 6 nitrogen and oxygen atoms in total. The lowest BCUT2D eigenvalue weighted by Gasteiger charge is -2.23. The summed E-state index contributed by atoms with van der Waals surface area (Å²) in [7, 11) is -1.17. The van der Waals surface area contributed by atoms with Crippen LogP contribution >= 0.6 is 11.6 Å². The van der Waals surface area contributed by atoms with Gasteiger partial charge in [-0.3, -0.25) is 4.79 Å². The van der Waals surface area contributed by atoms with Crippen molar-refractivity contribution in [2.75, 3.05) is 18.5 Å². The van der Waals surface area contributed by atoms with E-state index >= 15 is 0 Å². The van der Waals surface area contributed by atoms with E-state index in [4.69, 9.17) is 21.1 Å². The quantitative estimate of drug-likeness (QED) is 0.418. The zero-order valence-corrected chi connectivity index (χ0v) is 20.3. The molecule has 0 heterocycles. The Kier molecular flexibility index (Phi) is 7.46. The molecule has 33 heavy (non-hydrogen) atoms. The summed E-state index contributed by atoms with van der Waals surface area (Å²) in [4.78, 5) is 13.3. The van der Waals surface area contributed by atoms with Crippen molar-refractivity contribution >= 4 is 39.3 Å². The molecule has 0 fully saturated rings. The Bertz CT molecular complexity index is 1300. The highest BCUT2D eigenvalue weighted by Gasteiger charge is 2.31. The molecule has 3 aromatic carbocycles. The first-order valence-corrected chi connectivity index (χ1v) is 11.8. The number of ether oxygens (including phenoxy) is 2. The van der Waals surface area contributed by atoms with Crippen LogP contribution in [0.1, 0.15) is 16.7 Å². The number of benzene rings is 3. The van der Waals surface area contributed by atoms with Crippen LogP contribution in [0.15, 0.2) is 71.6 Å². The molecule has 0 N–H and O–H groups in total. The maximum Gasteiger partial charge on any atom is 0.271 e. The van der Waals surface area contributed by atoms with Gasteiger partial charge < -0.3 is 9.47 Å². The van der Waals surface area contributed by atoms with Gasteiger partial charge in [-0.2, -0.15) is 4.31 Å². The summed E-state index contributed by atoms with van der Waals surface area (Å²) >= 11 is 5.93. The fourth-order valence-electron chi connectivity index (χ4n) is 3.21. The fourth-order valence-corrected chi connectivity index (χ4v) is 4.78. The molecule has 172 valence electrons. The highest BCUT2D eigenvalue weighted by molar-refractivity contribution is 7.93. The molecule has 0 saturated heterocycles. The fraction of sp³-hybridized carbons (Fsp3) is 0.160. The monoisotopic (exact) mass is 485 g/mol. The summed E-state index contributed by atoms with van der Waals surface area (Å²) in [6.07, 6.45) is 2.75. The Balaban J connectivity index is 2.08. The Hall–Kier alpha value is -3.29. The van der Waals surface area contributed by atoms with Gasteiger partial charge in [-0.15, -0.1) is 0 Å². The molecule has 0 spiro atoms. The highest BCUT2D eigenvalue weighted by atomic mass is 35.5. The minimum absolute atomic E-state index is 0.0410. The number of methoxy groups -OCH3 is 2. The van der Waals surface area contributed by atoms with Gasteiger partial charge in [0.25, 0.3) is 15.9 Å². The summed E-state index contributed by atoms with van der Waals surface area (Å²) < 4.78 is 38.4. The second kappa shape index (κ2) is 10.1. The van der Waals surface area contributed by atoms with Crippen LogP contribution in [0.5, 0.6) is 11.5 Å². The number of hydrogen-bond donors (Lipinski definition) is 0. The van der Waals surface area contributed by atoms with Gasteiger partial charge in [-0.25, -0.2) is 8.42 Å². The van der Waals surface area contributed by atoms with Crippen molar-refractivity contribution in [1.29, 1.82) is 0 Å². The normalized spacial score (nSPS) is 11.4. The van der Waals surface area contributed by atoms with E-state index in [-0.39, 0.29) is 10.6 Å². The number of aryl methyl sites for hydroxylation is 2. The Morgan fingerprint density at radius 2 is 1.58 bits per heavy atom. The third-order valence-electron chi connectivity index (χ3n) is 4.96. The lowest BCUT2D eigenvalue weighted by Crippen LogP contribution is -2.36. The van der Waals surface area contributed by atoms with Crippen LogP contribution in [-0.2, 0) is 14.8 Å². The third-order valence-corrected chi connectivity index (χ3v) is 6.94. The molecule has 0 radical (unpaired) electrons. The third kappa shape index (κ3) is 5.38. The summed E-state index contributed by atoms with van der Waals surface area (Å²) in [5, 5.41) is 0.395. The largest absolute Gasteiger partial charge is 0.493 e. The summed E-state index contributed by atoms with van der Waals surface area (Å²) in [5.74, 6) is 0.323. The van der Waals surface area contributed by atoms with Crippen LogP contribution < -0.4 is 13.8 Å². The molecule has 0 saturated carbocycles. The average molecular weight is 486 g/mol. The SMILES string of the molecule is COc1ccc(/C=C/C(=O)N(c2cc(C)ccc2C)S(=O)(=O)c2ccc(Cl)cc2)cc1OC. The maximum atomic E-state index is 13.5. The van der Waals surface area contributed by atoms with Gasteiger partial charge in [0.05, 0.1) is 24.8 Å². The van der Waals surface area contributed by atoms with Crippen molar-refractivity contribution in [3.8, 4) is 11.5 Å². The molecule has 0 aliphatic heterocycles. The first-order valence-electron chi connectivity index (χ1n) is 9.99. The topological polar surface area (TPSA) is 72.9 Å². The zero-order chi connectivity index (χ0) is 24.2. The predicted molar refractivity (Wildman–Crippen MR) is 131 cm³/mol. The molecule has 8 heteroatoms. The Morgan fingerprint density at radius 3 is 2.21 bits per heavy atom. The molecule has 0 atom stereocenters. The van der Waals surface area contributed by atoms with Crippen molar-refractivity contribution in [2.24, 2.45) is 0 Å². The van der Waals surface area contributed by atoms with Crippen molar-refractivity contribution in [3.05, 3.63) is 88.5 Å². The molecule has 0 aliphatic rings. The Morgan fingerprint density at radius 1 is 0.909 bits per heavy atom. The molecular formula is C25H24ClNO5S. The number of hydrogen-bond acceptors (Lipinski definition) is 5. The van der Waals surface area contributed by atoms with Gasteiger partial charge in [0.1, 0.15) is 0 Å². The van der Waals surface area contributed by atoms with Gasteiger partial charge in [-0.05, 0) is 79.1 Å². The number of sulfonamides is 1. The average Bonchev–Trinajstić information content (AvgIpc) is 2.80. The number of carbonyl (C=O) groups excluding carboxylic acids is 1. The van der Waals surface area contributed by atoms with E-state index in [2.05, 4.69) is 0 Å². The molecular weight excluding hydrogens is 462 g/mol. The smallest absolute Gasteiger partial charge is 0.271 e. The first-order chi connectivity index (χ1) is 15.7. The minimum atomic E-state index is -4.21. The summed E-state index contributed by atoms with van der Waals surface area (Å²) in [6, 6.07) is 16.1. The molecule has 3 rings (SSSR count). The number of nitrogens with zero attached hydrogens (tertiary/aromatic N) is 1. The number of carbonyl (C=O) groups is 1. The lowest BCUT2D eigenvalue weighted by atomic mass is 10.1. The van der Waals surface area contributed by atoms with Gasteiger partial charge >= 0.3 is 0 Å². The zero-order valence-electron chi connectivity index (χ0n) is 18.7. The number of halogens is 1. The van der Waals surface area contributed by atoms with Gasteiger partial charge in [0.2, 0.25) is 0 Å². The van der Waals surface area contributed by atoms with Crippen LogP contribution in [-0.4, -0.2) is 28.5 Å². The standard InChI is InChI=1S/C25H24ClNO5S/c1-17-5-6-18(2)22(15-17)27(33(29,30)21-11-9-20(26)10-12-21)25(28)14-8-19-7-13-23(31-3)24(16-19)32-4/h5-16H,1-4H3/b14-8+. The summed E-state index contributed by atoms with van der Waals surface area (Å²) in [5.41, 5.74) is 2.40. The molecule has 0 unspecified atom stereocenters. The first kappa shape index (κ1) is 24.4. The van der Waals surface area contributed by atoms with Gasteiger partial charge in [0.15, 0.2) is 11.5 Å². The van der Waals surface area contributed by atoms with Crippen LogP contribution in [0, 0.1) is 13.8 Å². The maximum absolute atomic E-state index is 13.5. The molecule has 0 aliphatic carbocycles. The van der Waals surface area contributed by atoms with Crippen molar-refractivity contribution in [1.82, 2.24) is 0 Å². The molecule has 0 bridgehead atoms. The highest BCUT2D eigenvalue weighted by Crippen LogP contribution is 2.30. The van der Waals surface area contributed by atoms with Crippen molar-refractivity contribution in [2.45, 2.75) is 18.7 Å². The van der Waals surface area contributed by atoms with E-state index in [1.165, 1.54) is 50.6 Å².